The molecule has 1 aromatic rings. The van der Waals surface area contributed by atoms with E-state index in [0.29, 0.717) is 0 Å². The van der Waals surface area contributed by atoms with Crippen molar-refractivity contribution in [2.45, 2.75) is 23.0 Å². The molecule has 1 fully saturated rings. The average Bonchev–Trinajstić information content (AvgIpc) is 2.57. The minimum atomic E-state index is 0.741. The van der Waals surface area contributed by atoms with E-state index in [-0.39, 0.29) is 0 Å². The molecule has 0 aliphatic carbocycles. The third-order valence-corrected chi connectivity index (χ3v) is 4.79. The first-order valence-electron chi connectivity index (χ1n) is 6.46. The van der Waals surface area contributed by atoms with E-state index in [1.165, 1.54) is 36.4 Å². The highest BCUT2D eigenvalue weighted by Crippen LogP contribution is 2.37. The van der Waals surface area contributed by atoms with Crippen LogP contribution >= 0.6 is 11.8 Å². The van der Waals surface area contributed by atoms with Crippen LogP contribution in [0.2, 0.25) is 0 Å². The van der Waals surface area contributed by atoms with Gasteiger partial charge >= 0.3 is 0 Å². The minimum Gasteiger partial charge on any atom is -0.380 e. The Morgan fingerprint density at radius 2 is 2.18 bits per heavy atom. The van der Waals surface area contributed by atoms with Crippen molar-refractivity contribution in [1.82, 2.24) is 4.90 Å². The summed E-state index contributed by atoms with van der Waals surface area (Å²) < 4.78 is 5.50. The molecule has 1 atom stereocenters. The minimum absolute atomic E-state index is 0.741. The van der Waals surface area contributed by atoms with Gasteiger partial charge in [0, 0.05) is 36.4 Å². The van der Waals surface area contributed by atoms with E-state index in [4.69, 9.17) is 4.74 Å². The Morgan fingerprint density at radius 3 is 3.12 bits per heavy atom. The Bertz CT molecular complexity index is 349. The van der Waals surface area contributed by atoms with Crippen LogP contribution in [0.25, 0.3) is 0 Å². The summed E-state index contributed by atoms with van der Waals surface area (Å²) in [5.74, 6) is 0. The molecule has 2 heterocycles. The van der Waals surface area contributed by atoms with Crippen molar-refractivity contribution < 1.29 is 4.74 Å². The van der Waals surface area contributed by atoms with E-state index in [9.17, 15) is 0 Å². The fraction of sp³-hybridized carbons (Fsp3) is 0.571. The Labute approximate surface area is 107 Å². The lowest BCUT2D eigenvalue weighted by atomic mass is 10.1. The molecule has 1 saturated heterocycles. The Balaban J connectivity index is 1.57. The smallest absolute Gasteiger partial charge is 0.0593 e. The van der Waals surface area contributed by atoms with Crippen molar-refractivity contribution in [1.29, 1.82) is 0 Å². The monoisotopic (exact) mass is 249 g/mol. The number of benzene rings is 1. The molecule has 0 spiro atoms. The van der Waals surface area contributed by atoms with Crippen LogP contribution in [0.5, 0.6) is 0 Å². The number of rotatable bonds is 2. The highest BCUT2D eigenvalue weighted by atomic mass is 32.2. The third-order valence-electron chi connectivity index (χ3n) is 3.49. The van der Waals surface area contributed by atoms with Crippen molar-refractivity contribution in [3.63, 3.8) is 0 Å². The molecule has 0 saturated carbocycles. The lowest BCUT2D eigenvalue weighted by Crippen LogP contribution is -2.32. The molecule has 0 radical (unpaired) electrons. The van der Waals surface area contributed by atoms with E-state index < -0.39 is 0 Å². The maximum atomic E-state index is 5.50. The summed E-state index contributed by atoms with van der Waals surface area (Å²) in [6.07, 6.45) is 2.42. The summed E-state index contributed by atoms with van der Waals surface area (Å²) in [7, 11) is 0. The van der Waals surface area contributed by atoms with Crippen LogP contribution in [-0.4, -0.2) is 43.0 Å². The van der Waals surface area contributed by atoms with E-state index in [0.717, 1.165) is 25.0 Å². The summed E-state index contributed by atoms with van der Waals surface area (Å²) in [4.78, 5) is 4.06. The molecule has 2 aliphatic heterocycles. The fourth-order valence-electron chi connectivity index (χ4n) is 2.62. The lowest BCUT2D eigenvalue weighted by Gasteiger charge is -2.22. The molecule has 2 aliphatic rings. The van der Waals surface area contributed by atoms with Crippen molar-refractivity contribution in [3.8, 4) is 0 Å². The van der Waals surface area contributed by atoms with Gasteiger partial charge in [0.2, 0.25) is 0 Å². The van der Waals surface area contributed by atoms with Gasteiger partial charge in [-0.25, -0.2) is 0 Å². The molecule has 1 aromatic carbocycles. The number of nitrogens with zero attached hydrogens (tertiary/aromatic N) is 1. The zero-order chi connectivity index (χ0) is 11.5. The van der Waals surface area contributed by atoms with Crippen molar-refractivity contribution in [2.24, 2.45) is 0 Å². The number of thioether (sulfide) groups is 1. The standard InChI is InChI=1S/C14H19NOS/c1-2-5-14-12(4-1)10-13(17-14)11-15-6-3-8-16-9-7-15/h1-2,4-5,13H,3,6-11H2. The molecule has 0 N–H and O–H groups in total. The van der Waals surface area contributed by atoms with Crippen molar-refractivity contribution >= 4 is 11.8 Å². The maximum Gasteiger partial charge on any atom is 0.0593 e. The van der Waals surface area contributed by atoms with Gasteiger partial charge in [-0.2, -0.15) is 0 Å². The second-order valence-electron chi connectivity index (χ2n) is 4.82. The first-order chi connectivity index (χ1) is 8.42. The molecule has 1 unspecified atom stereocenters. The predicted octanol–water partition coefficient (Wildman–Crippen LogP) is 2.43. The molecular weight excluding hydrogens is 230 g/mol. The van der Waals surface area contributed by atoms with Gasteiger partial charge < -0.3 is 4.74 Å². The zero-order valence-corrected chi connectivity index (χ0v) is 10.9. The summed E-state index contributed by atoms with van der Waals surface area (Å²) in [5, 5.41) is 0.741. The fourth-order valence-corrected chi connectivity index (χ4v) is 3.99. The van der Waals surface area contributed by atoms with Gasteiger partial charge in [0.15, 0.2) is 0 Å². The van der Waals surface area contributed by atoms with E-state index in [2.05, 4.69) is 40.9 Å². The summed E-state index contributed by atoms with van der Waals surface area (Å²) in [6, 6.07) is 8.83. The Morgan fingerprint density at radius 1 is 1.24 bits per heavy atom. The van der Waals surface area contributed by atoms with Crippen LogP contribution in [0, 0.1) is 0 Å². The van der Waals surface area contributed by atoms with Gasteiger partial charge in [0.1, 0.15) is 0 Å². The molecule has 3 rings (SSSR count). The van der Waals surface area contributed by atoms with Gasteiger partial charge in [-0.05, 0) is 24.5 Å². The molecule has 0 amide bonds. The topological polar surface area (TPSA) is 12.5 Å². The van der Waals surface area contributed by atoms with Crippen LogP contribution in [0.1, 0.15) is 12.0 Å². The Kier molecular flexibility index (Phi) is 3.69. The van der Waals surface area contributed by atoms with Gasteiger partial charge in [-0.1, -0.05) is 18.2 Å². The lowest BCUT2D eigenvalue weighted by molar-refractivity contribution is 0.141. The molecular formula is C14H19NOS. The van der Waals surface area contributed by atoms with Crippen LogP contribution in [0.4, 0.5) is 0 Å². The van der Waals surface area contributed by atoms with Gasteiger partial charge in [0.05, 0.1) is 6.61 Å². The van der Waals surface area contributed by atoms with Crippen molar-refractivity contribution in [2.75, 3.05) is 32.8 Å². The molecule has 0 bridgehead atoms. The zero-order valence-electron chi connectivity index (χ0n) is 10.1. The average molecular weight is 249 g/mol. The number of ether oxygens (including phenoxy) is 1. The number of fused-ring (bicyclic) bond motifs is 1. The normalized spacial score (nSPS) is 25.5. The van der Waals surface area contributed by atoms with Crippen LogP contribution in [-0.2, 0) is 11.2 Å². The number of hydrogen-bond donors (Lipinski definition) is 0. The van der Waals surface area contributed by atoms with Crippen LogP contribution < -0.4 is 0 Å². The van der Waals surface area contributed by atoms with E-state index >= 15 is 0 Å². The summed E-state index contributed by atoms with van der Waals surface area (Å²) >= 11 is 2.05. The maximum absolute atomic E-state index is 5.50. The highest BCUT2D eigenvalue weighted by Gasteiger charge is 2.24. The highest BCUT2D eigenvalue weighted by molar-refractivity contribution is 8.00. The van der Waals surface area contributed by atoms with E-state index in [1.54, 1.807) is 0 Å². The van der Waals surface area contributed by atoms with Gasteiger partial charge in [0.25, 0.3) is 0 Å². The largest absolute Gasteiger partial charge is 0.380 e. The second-order valence-corrected chi connectivity index (χ2v) is 6.16. The first kappa shape index (κ1) is 11.6. The molecule has 3 heteroatoms. The molecule has 2 nitrogen and oxygen atoms in total. The summed E-state index contributed by atoms with van der Waals surface area (Å²) in [5.41, 5.74) is 1.54. The van der Waals surface area contributed by atoms with Gasteiger partial charge in [-0.15, -0.1) is 11.8 Å². The van der Waals surface area contributed by atoms with Crippen molar-refractivity contribution in [3.05, 3.63) is 29.8 Å². The van der Waals surface area contributed by atoms with Crippen LogP contribution in [0.15, 0.2) is 29.2 Å². The quantitative estimate of drug-likeness (QED) is 0.799. The molecule has 92 valence electrons. The Hall–Kier alpha value is -0.510. The summed E-state index contributed by atoms with van der Waals surface area (Å²) in [6.45, 7) is 5.36. The predicted molar refractivity (Wildman–Crippen MR) is 71.7 cm³/mol. The van der Waals surface area contributed by atoms with Gasteiger partial charge in [-0.3, -0.25) is 4.90 Å². The number of hydrogen-bond acceptors (Lipinski definition) is 3. The molecule has 0 aromatic heterocycles. The second kappa shape index (κ2) is 5.42. The SMILES string of the molecule is c1ccc2c(c1)CC(CN1CCCOCC1)S2. The third kappa shape index (κ3) is 2.84. The van der Waals surface area contributed by atoms with E-state index in [1.807, 2.05) is 0 Å². The first-order valence-corrected chi connectivity index (χ1v) is 7.34. The van der Waals surface area contributed by atoms with Crippen LogP contribution in [0.3, 0.4) is 0 Å². The molecule has 17 heavy (non-hydrogen) atoms.